The summed E-state index contributed by atoms with van der Waals surface area (Å²) in [7, 11) is 0. The van der Waals surface area contributed by atoms with Gasteiger partial charge in [-0.3, -0.25) is 0 Å². The predicted molar refractivity (Wildman–Crippen MR) is 17.4 cm³/mol. The van der Waals surface area contributed by atoms with Crippen LogP contribution in [0.3, 0.4) is 0 Å². The van der Waals surface area contributed by atoms with E-state index in [0.29, 0.717) is 0 Å². The van der Waals surface area contributed by atoms with Crippen molar-refractivity contribution in [3.63, 3.8) is 0 Å². The van der Waals surface area contributed by atoms with Crippen LogP contribution >= 0.6 is 0 Å². The van der Waals surface area contributed by atoms with Gasteiger partial charge in [0.1, 0.15) is 0 Å². The predicted octanol–water partition coefficient (Wildman–Crippen LogP) is 0.604. The Morgan fingerprint density at radius 3 is 1.67 bits per heavy atom. The molecule has 0 bridgehead atoms. The first kappa shape index (κ1) is 5.87. The third-order valence-corrected chi connectivity index (χ3v) is 0.351. The van der Waals surface area contributed by atoms with Crippen LogP contribution in [-0.4, -0.2) is 0 Å². The van der Waals surface area contributed by atoms with Crippen LogP contribution in [0.15, 0.2) is 6.07 Å². The summed E-state index contributed by atoms with van der Waals surface area (Å²) >= 11 is 0. The molecule has 0 N–H and O–H groups in total. The number of hydrogen-bond acceptors (Lipinski definition) is 0. The van der Waals surface area contributed by atoms with E-state index in [4.69, 9.17) is 0 Å². The van der Waals surface area contributed by atoms with Crippen molar-refractivity contribution in [1.82, 2.24) is 0 Å². The minimum Gasteiger partial charge on any atom is -0.999 e. The fourth-order valence-corrected chi connectivity index (χ4v) is 0.180. The van der Waals surface area contributed by atoms with E-state index in [9.17, 15) is 0 Å². The molecule has 0 nitrogen and oxygen atoms in total. The smallest absolute Gasteiger partial charge is 0.999 e. The zero-order chi connectivity index (χ0) is 3.54. The quantitative estimate of drug-likeness (QED) is 0.344. The van der Waals surface area contributed by atoms with Gasteiger partial charge in [0, 0.05) is 0 Å². The van der Waals surface area contributed by atoms with Crippen molar-refractivity contribution in [2.45, 2.75) is 0 Å². The molecule has 0 spiro atoms. The zero-order valence-electron chi connectivity index (χ0n) is 2.93. The van der Waals surface area contributed by atoms with Crippen LogP contribution < -0.4 is 0 Å². The van der Waals surface area contributed by atoms with Crippen molar-refractivity contribution in [2.24, 2.45) is 0 Å². The van der Waals surface area contributed by atoms with Crippen molar-refractivity contribution >= 4 is 0 Å². The van der Waals surface area contributed by atoms with Gasteiger partial charge in [0.25, 0.3) is 0 Å². The number of hydrogen-bond donors (Lipinski definition) is 0. The normalized spacial score (nSPS) is 6.67. The van der Waals surface area contributed by atoms with Gasteiger partial charge in [-0.2, -0.15) is 0 Å². The molecule has 0 heterocycles. The maximum Gasteiger partial charge on any atom is 3.00 e. The topological polar surface area (TPSA) is 0 Å². The Morgan fingerprint density at radius 1 is 1.00 bits per heavy atom. The molecule has 0 fully saturated rings. The van der Waals surface area contributed by atoms with Crippen molar-refractivity contribution in [1.29, 1.82) is 0 Å². The Labute approximate surface area is 48.0 Å². The summed E-state index contributed by atoms with van der Waals surface area (Å²) in [4.78, 5) is 0. The fraction of sp³-hybridized carbons (Fsp3) is 0. The minimum atomic E-state index is 0. The van der Waals surface area contributed by atoms with Crippen molar-refractivity contribution in [3.8, 4) is 0 Å². The molecule has 0 unspecified atom stereocenters. The Morgan fingerprint density at radius 2 is 1.50 bits per heavy atom. The molecule has 1 aromatic carbocycles. The molecule has 0 saturated carbocycles. The molecule has 6 heavy (non-hydrogen) atoms. The van der Waals surface area contributed by atoms with E-state index in [1.54, 1.807) is 6.07 Å². The molecule has 0 saturated heterocycles. The van der Waals surface area contributed by atoms with Gasteiger partial charge in [0.05, 0.1) is 0 Å². The maximum atomic E-state index is 2.62. The third-order valence-electron chi connectivity index (χ3n) is 0.351. The van der Waals surface area contributed by atoms with Gasteiger partial charge in [0.15, 0.2) is 0 Å². The molecule has 1 rings (SSSR count). The average molecular weight is 117 g/mol. The van der Waals surface area contributed by atoms with Crippen LogP contribution in [0, 0.1) is 24.3 Å². The fourth-order valence-electron chi connectivity index (χ4n) is 0.180. The standard InChI is InChI=1S/C5H.Fe/c1-2-4-5-3-1;/h1H;/q-5;+3. The first-order valence-corrected chi connectivity index (χ1v) is 1.33. The van der Waals surface area contributed by atoms with Crippen LogP contribution in [0.5, 0.6) is 0 Å². The second-order valence-corrected chi connectivity index (χ2v) is 0.683. The maximum absolute atomic E-state index is 2.62. The Bertz CT molecular complexity index is 60.4. The summed E-state index contributed by atoms with van der Waals surface area (Å²) in [5.74, 6) is 0. The summed E-state index contributed by atoms with van der Waals surface area (Å²) in [5.41, 5.74) is 0. The summed E-state index contributed by atoms with van der Waals surface area (Å²) in [5, 5.41) is 0. The second-order valence-electron chi connectivity index (χ2n) is 0.683. The molecule has 0 amide bonds. The van der Waals surface area contributed by atoms with E-state index >= 15 is 0 Å². The van der Waals surface area contributed by atoms with Crippen LogP contribution in [0.1, 0.15) is 0 Å². The largest absolute Gasteiger partial charge is 3.00 e. The van der Waals surface area contributed by atoms with Gasteiger partial charge in [-0.15, -0.1) is 0 Å². The van der Waals surface area contributed by atoms with E-state index in [1.165, 1.54) is 0 Å². The average Bonchev–Trinajstić information content (AvgIpc) is 1.76. The summed E-state index contributed by atoms with van der Waals surface area (Å²) in [6.45, 7) is 0. The third kappa shape index (κ3) is 1.34. The molecule has 0 aliphatic rings. The van der Waals surface area contributed by atoms with Crippen LogP contribution in [-0.2, 0) is 17.1 Å². The first-order chi connectivity index (χ1) is 2.50. The molecular formula is C5HFe-2. The first-order valence-electron chi connectivity index (χ1n) is 1.33. The van der Waals surface area contributed by atoms with E-state index in [1.807, 2.05) is 0 Å². The molecule has 1 radical (unpaired) electrons. The van der Waals surface area contributed by atoms with Crippen molar-refractivity contribution < 1.29 is 17.1 Å². The van der Waals surface area contributed by atoms with Crippen LogP contribution in [0.2, 0.25) is 0 Å². The van der Waals surface area contributed by atoms with Crippen LogP contribution in [0.4, 0.5) is 0 Å². The van der Waals surface area contributed by atoms with Crippen LogP contribution in [0.25, 0.3) is 0 Å². The van der Waals surface area contributed by atoms with E-state index in [0.717, 1.165) is 0 Å². The summed E-state index contributed by atoms with van der Waals surface area (Å²) in [6, 6.07) is 12.0. The Hall–Kier alpha value is -0.131. The molecule has 0 aromatic heterocycles. The molecular weight excluding hydrogens is 116 g/mol. The molecule has 0 aliphatic heterocycles. The van der Waals surface area contributed by atoms with Gasteiger partial charge >= 0.3 is 17.1 Å². The SMILES string of the molecule is [Fe+3].[c-]1[c-][c-][cH-][c-]1. The van der Waals surface area contributed by atoms with E-state index in [-0.39, 0.29) is 17.1 Å². The zero-order valence-corrected chi connectivity index (χ0v) is 4.04. The molecule has 1 heteroatoms. The summed E-state index contributed by atoms with van der Waals surface area (Å²) < 4.78 is 0. The Balaban J connectivity index is 0.000000250. The molecule has 31 valence electrons. The number of rotatable bonds is 0. The van der Waals surface area contributed by atoms with E-state index in [2.05, 4.69) is 24.3 Å². The monoisotopic (exact) mass is 117 g/mol. The van der Waals surface area contributed by atoms with Gasteiger partial charge < -0.3 is 30.3 Å². The second kappa shape index (κ2) is 3.07. The summed E-state index contributed by atoms with van der Waals surface area (Å²) in [6.07, 6.45) is 0. The Kier molecular flexibility index (Phi) is 3.01. The van der Waals surface area contributed by atoms with Gasteiger partial charge in [-0.1, -0.05) is 0 Å². The van der Waals surface area contributed by atoms with Crippen molar-refractivity contribution in [2.75, 3.05) is 0 Å². The molecule has 0 atom stereocenters. The van der Waals surface area contributed by atoms with Gasteiger partial charge in [0.2, 0.25) is 0 Å². The molecule has 1 aromatic rings. The van der Waals surface area contributed by atoms with Gasteiger partial charge in [-0.25, -0.2) is 0 Å². The minimum absolute atomic E-state index is 0. The van der Waals surface area contributed by atoms with E-state index < -0.39 is 0 Å². The van der Waals surface area contributed by atoms with Crippen molar-refractivity contribution in [3.05, 3.63) is 30.3 Å². The molecule has 0 aliphatic carbocycles. The van der Waals surface area contributed by atoms with Gasteiger partial charge in [-0.05, 0) is 0 Å².